The zero-order valence-corrected chi connectivity index (χ0v) is 6.90. The first-order chi connectivity index (χ1) is 4.56. The molecule has 0 aromatic heterocycles. The third kappa shape index (κ3) is 7.48. The fourth-order valence-corrected chi connectivity index (χ4v) is 0.391. The van der Waals surface area contributed by atoms with Crippen molar-refractivity contribution in [3.8, 4) is 12.3 Å². The van der Waals surface area contributed by atoms with Gasteiger partial charge in [-0.25, -0.2) is 5.48 Å². The molecule has 1 N–H and O–H groups in total. The Hall–Kier alpha value is -0.520. The van der Waals surface area contributed by atoms with Crippen LogP contribution < -0.4 is 5.48 Å². The highest BCUT2D eigenvalue weighted by Crippen LogP contribution is 2.02. The molecule has 0 aromatic rings. The summed E-state index contributed by atoms with van der Waals surface area (Å²) in [5, 5.41) is 0. The Bertz CT molecular complexity index is 118. The minimum Gasteiger partial charge on any atom is -0.296 e. The number of hydroxylamine groups is 1. The van der Waals surface area contributed by atoms with Crippen LogP contribution >= 0.6 is 0 Å². The van der Waals surface area contributed by atoms with E-state index in [2.05, 4.69) is 11.4 Å². The summed E-state index contributed by atoms with van der Waals surface area (Å²) in [5.74, 6) is 2.51. The Kier molecular flexibility index (Phi) is 4.10. The van der Waals surface area contributed by atoms with Crippen molar-refractivity contribution >= 4 is 0 Å². The minimum absolute atomic E-state index is 0.130. The molecule has 0 saturated heterocycles. The molecule has 0 aliphatic carbocycles. The van der Waals surface area contributed by atoms with Crippen molar-refractivity contribution < 1.29 is 4.84 Å². The van der Waals surface area contributed by atoms with E-state index in [0.29, 0.717) is 13.0 Å². The molecule has 0 aromatic carbocycles. The smallest absolute Gasteiger partial charge is 0.0812 e. The van der Waals surface area contributed by atoms with Crippen LogP contribution in [0.4, 0.5) is 0 Å². The van der Waals surface area contributed by atoms with Crippen molar-refractivity contribution in [2.45, 2.75) is 32.8 Å². The number of nitrogens with one attached hydrogen (secondary N) is 1. The SMILES string of the molecule is C#CCCNOC(C)(C)C. The van der Waals surface area contributed by atoms with Gasteiger partial charge in [0.1, 0.15) is 0 Å². The zero-order valence-electron chi connectivity index (χ0n) is 6.90. The monoisotopic (exact) mass is 141 g/mol. The third-order valence-corrected chi connectivity index (χ3v) is 0.750. The topological polar surface area (TPSA) is 21.3 Å². The van der Waals surface area contributed by atoms with Gasteiger partial charge in [-0.05, 0) is 20.8 Å². The molecule has 0 fully saturated rings. The number of terminal acetylenes is 1. The van der Waals surface area contributed by atoms with E-state index in [1.165, 1.54) is 0 Å². The maximum atomic E-state index is 5.19. The van der Waals surface area contributed by atoms with Gasteiger partial charge in [0.2, 0.25) is 0 Å². The average molecular weight is 141 g/mol. The van der Waals surface area contributed by atoms with Crippen LogP contribution in [0.1, 0.15) is 27.2 Å². The second-order valence-electron chi connectivity index (χ2n) is 3.06. The van der Waals surface area contributed by atoms with Crippen LogP contribution in [0.2, 0.25) is 0 Å². The Morgan fingerprint density at radius 2 is 2.10 bits per heavy atom. The quantitative estimate of drug-likeness (QED) is 0.364. The lowest BCUT2D eigenvalue weighted by Crippen LogP contribution is -2.29. The van der Waals surface area contributed by atoms with Gasteiger partial charge in [0, 0.05) is 13.0 Å². The molecule has 10 heavy (non-hydrogen) atoms. The van der Waals surface area contributed by atoms with Crippen LogP contribution in [0.15, 0.2) is 0 Å². The molecule has 0 atom stereocenters. The van der Waals surface area contributed by atoms with Crippen molar-refractivity contribution in [1.82, 2.24) is 5.48 Å². The van der Waals surface area contributed by atoms with Crippen molar-refractivity contribution in [2.75, 3.05) is 6.54 Å². The highest BCUT2D eigenvalue weighted by atomic mass is 16.7. The normalized spacial score (nSPS) is 11.0. The summed E-state index contributed by atoms with van der Waals surface area (Å²) in [6, 6.07) is 0. The van der Waals surface area contributed by atoms with E-state index >= 15 is 0 Å². The first-order valence-corrected chi connectivity index (χ1v) is 3.40. The van der Waals surface area contributed by atoms with Gasteiger partial charge in [-0.15, -0.1) is 12.3 Å². The second-order valence-corrected chi connectivity index (χ2v) is 3.06. The van der Waals surface area contributed by atoms with Crippen molar-refractivity contribution in [3.63, 3.8) is 0 Å². The fourth-order valence-electron chi connectivity index (χ4n) is 0.391. The molecule has 0 radical (unpaired) electrons. The lowest BCUT2D eigenvalue weighted by molar-refractivity contribution is -0.0713. The molecule has 2 heteroatoms. The van der Waals surface area contributed by atoms with Crippen LogP contribution in [-0.2, 0) is 4.84 Å². The molecule has 0 bridgehead atoms. The molecule has 0 saturated carbocycles. The molecule has 0 aliphatic rings. The van der Waals surface area contributed by atoms with E-state index < -0.39 is 0 Å². The van der Waals surface area contributed by atoms with Crippen LogP contribution in [-0.4, -0.2) is 12.1 Å². The van der Waals surface area contributed by atoms with Gasteiger partial charge in [0.15, 0.2) is 0 Å². The summed E-state index contributed by atoms with van der Waals surface area (Å²) in [6.07, 6.45) is 5.74. The predicted molar refractivity (Wildman–Crippen MR) is 42.3 cm³/mol. The number of hydrogen-bond donors (Lipinski definition) is 1. The molecule has 0 unspecified atom stereocenters. The van der Waals surface area contributed by atoms with Crippen LogP contribution in [0.5, 0.6) is 0 Å². The summed E-state index contributed by atoms with van der Waals surface area (Å²) in [5.41, 5.74) is 2.65. The standard InChI is InChI=1S/C8H15NO/c1-5-6-7-9-10-8(2,3)4/h1,9H,6-7H2,2-4H3. The molecule has 58 valence electrons. The maximum Gasteiger partial charge on any atom is 0.0812 e. The lowest BCUT2D eigenvalue weighted by atomic mass is 10.2. The van der Waals surface area contributed by atoms with Gasteiger partial charge in [-0.2, -0.15) is 0 Å². The largest absolute Gasteiger partial charge is 0.296 e. The van der Waals surface area contributed by atoms with Gasteiger partial charge in [-0.3, -0.25) is 4.84 Å². The summed E-state index contributed by atoms with van der Waals surface area (Å²) < 4.78 is 0. The van der Waals surface area contributed by atoms with Crippen molar-refractivity contribution in [3.05, 3.63) is 0 Å². The average Bonchev–Trinajstić information content (AvgIpc) is 1.78. The Balaban J connectivity index is 3.14. The summed E-state index contributed by atoms with van der Waals surface area (Å²) >= 11 is 0. The van der Waals surface area contributed by atoms with E-state index in [1.807, 2.05) is 20.8 Å². The molecule has 0 spiro atoms. The lowest BCUT2D eigenvalue weighted by Gasteiger charge is -2.18. The summed E-state index contributed by atoms with van der Waals surface area (Å²) in [7, 11) is 0. The van der Waals surface area contributed by atoms with Gasteiger partial charge in [0.05, 0.1) is 5.60 Å². The molecule has 0 rings (SSSR count). The van der Waals surface area contributed by atoms with Crippen molar-refractivity contribution in [1.29, 1.82) is 0 Å². The maximum absolute atomic E-state index is 5.19. The molecular formula is C8H15NO. The molecule has 2 nitrogen and oxygen atoms in total. The highest BCUT2D eigenvalue weighted by Gasteiger charge is 2.08. The van der Waals surface area contributed by atoms with Gasteiger partial charge in [-0.1, -0.05) is 0 Å². The Labute approximate surface area is 62.9 Å². The first-order valence-electron chi connectivity index (χ1n) is 3.40. The van der Waals surface area contributed by atoms with Crippen LogP contribution in [0.25, 0.3) is 0 Å². The van der Waals surface area contributed by atoms with Crippen LogP contribution in [0, 0.1) is 12.3 Å². The summed E-state index contributed by atoms with van der Waals surface area (Å²) in [6.45, 7) is 6.66. The van der Waals surface area contributed by atoms with Crippen LogP contribution in [0.3, 0.4) is 0 Å². The van der Waals surface area contributed by atoms with Crippen molar-refractivity contribution in [2.24, 2.45) is 0 Å². The first kappa shape index (κ1) is 9.48. The fraction of sp³-hybridized carbons (Fsp3) is 0.750. The Morgan fingerprint density at radius 1 is 1.50 bits per heavy atom. The predicted octanol–water partition coefficient (Wildman–Crippen LogP) is 1.33. The third-order valence-electron chi connectivity index (χ3n) is 0.750. The van der Waals surface area contributed by atoms with Gasteiger partial charge >= 0.3 is 0 Å². The van der Waals surface area contributed by atoms with E-state index in [-0.39, 0.29) is 5.60 Å². The number of rotatable bonds is 3. The van der Waals surface area contributed by atoms with E-state index in [9.17, 15) is 0 Å². The second kappa shape index (κ2) is 4.32. The highest BCUT2D eigenvalue weighted by molar-refractivity contribution is 4.83. The summed E-state index contributed by atoms with van der Waals surface area (Å²) in [4.78, 5) is 5.19. The zero-order chi connectivity index (χ0) is 8.04. The minimum atomic E-state index is -0.130. The van der Waals surface area contributed by atoms with E-state index in [4.69, 9.17) is 11.3 Å². The van der Waals surface area contributed by atoms with E-state index in [1.54, 1.807) is 0 Å². The number of hydrogen-bond acceptors (Lipinski definition) is 2. The molecular weight excluding hydrogens is 126 g/mol. The molecule has 0 aliphatic heterocycles. The van der Waals surface area contributed by atoms with Gasteiger partial charge in [0.25, 0.3) is 0 Å². The van der Waals surface area contributed by atoms with Gasteiger partial charge < -0.3 is 0 Å². The molecule has 0 amide bonds. The van der Waals surface area contributed by atoms with E-state index in [0.717, 1.165) is 0 Å². The molecule has 0 heterocycles. The Morgan fingerprint density at radius 3 is 2.50 bits per heavy atom.